The van der Waals surface area contributed by atoms with Gasteiger partial charge in [-0.2, -0.15) is 0 Å². The Morgan fingerprint density at radius 1 is 1.26 bits per heavy atom. The third-order valence-electron chi connectivity index (χ3n) is 3.61. The number of nitrogens with zero attached hydrogens (tertiary/aromatic N) is 1. The Labute approximate surface area is 123 Å². The second kappa shape index (κ2) is 6.73. The van der Waals surface area contributed by atoms with Crippen LogP contribution < -0.4 is 5.32 Å². The Balaban J connectivity index is 1.39. The molecular formula is C15H20N2S2. The Morgan fingerprint density at radius 3 is 2.95 bits per heavy atom. The van der Waals surface area contributed by atoms with Gasteiger partial charge in [-0.25, -0.2) is 4.98 Å². The first-order chi connectivity index (χ1) is 9.42. The summed E-state index contributed by atoms with van der Waals surface area (Å²) >= 11 is 3.71. The first kappa shape index (κ1) is 13.4. The summed E-state index contributed by atoms with van der Waals surface area (Å²) in [6.07, 6.45) is 6.82. The molecule has 1 fully saturated rings. The molecule has 102 valence electrons. The van der Waals surface area contributed by atoms with Crippen LogP contribution in [0.4, 0.5) is 0 Å². The molecule has 0 aliphatic heterocycles. The minimum Gasteiger partial charge on any atom is -0.314 e. The Bertz CT molecular complexity index is 485. The fourth-order valence-electron chi connectivity index (χ4n) is 2.58. The molecule has 0 unspecified atom stereocenters. The van der Waals surface area contributed by atoms with Gasteiger partial charge in [-0.1, -0.05) is 36.7 Å². The van der Waals surface area contributed by atoms with E-state index in [1.165, 1.54) is 46.9 Å². The van der Waals surface area contributed by atoms with E-state index in [2.05, 4.69) is 34.6 Å². The van der Waals surface area contributed by atoms with Gasteiger partial charge in [0, 0.05) is 11.8 Å². The van der Waals surface area contributed by atoms with Crippen molar-refractivity contribution >= 4 is 33.3 Å². The van der Waals surface area contributed by atoms with Crippen LogP contribution in [0.3, 0.4) is 0 Å². The lowest BCUT2D eigenvalue weighted by Crippen LogP contribution is -2.27. The van der Waals surface area contributed by atoms with E-state index >= 15 is 0 Å². The largest absolute Gasteiger partial charge is 0.314 e. The lowest BCUT2D eigenvalue weighted by atomic mass is 10.2. The lowest BCUT2D eigenvalue weighted by molar-refractivity contribution is 0.525. The Hall–Kier alpha value is -0.580. The molecule has 1 N–H and O–H groups in total. The molecule has 0 amide bonds. The molecule has 0 bridgehead atoms. The van der Waals surface area contributed by atoms with Crippen LogP contribution in [0.25, 0.3) is 10.2 Å². The van der Waals surface area contributed by atoms with Crippen molar-refractivity contribution in [2.45, 2.75) is 42.5 Å². The van der Waals surface area contributed by atoms with Crippen LogP contribution in [-0.4, -0.2) is 23.3 Å². The third-order valence-corrected chi connectivity index (χ3v) is 5.87. The van der Waals surface area contributed by atoms with E-state index in [0.717, 1.165) is 18.1 Å². The normalized spacial score (nSPS) is 16.4. The number of rotatable bonds is 6. The summed E-state index contributed by atoms with van der Waals surface area (Å²) < 4.78 is 2.51. The quantitative estimate of drug-likeness (QED) is 0.634. The fraction of sp³-hybridized carbons (Fsp3) is 0.533. The summed E-state index contributed by atoms with van der Waals surface area (Å²) in [5.41, 5.74) is 1.14. The number of hydrogen-bond acceptors (Lipinski definition) is 4. The number of nitrogens with one attached hydrogen (secondary N) is 1. The lowest BCUT2D eigenvalue weighted by Gasteiger charge is -2.10. The smallest absolute Gasteiger partial charge is 0.151 e. The summed E-state index contributed by atoms with van der Waals surface area (Å²) in [6, 6.07) is 9.19. The first-order valence-electron chi connectivity index (χ1n) is 7.13. The molecule has 1 aromatic heterocycles. The van der Waals surface area contributed by atoms with E-state index in [1.807, 2.05) is 23.1 Å². The average Bonchev–Trinajstić information content (AvgIpc) is 3.06. The average molecular weight is 292 g/mol. The number of aromatic nitrogens is 1. The highest BCUT2D eigenvalue weighted by atomic mass is 32.2. The van der Waals surface area contributed by atoms with Gasteiger partial charge in [-0.05, 0) is 37.9 Å². The highest BCUT2D eigenvalue weighted by molar-refractivity contribution is 8.01. The zero-order valence-electron chi connectivity index (χ0n) is 11.1. The van der Waals surface area contributed by atoms with Gasteiger partial charge in [0.05, 0.1) is 10.2 Å². The zero-order chi connectivity index (χ0) is 12.9. The number of para-hydroxylation sites is 1. The molecule has 1 aliphatic carbocycles. The van der Waals surface area contributed by atoms with Crippen molar-refractivity contribution < 1.29 is 0 Å². The molecule has 1 aromatic carbocycles. The topological polar surface area (TPSA) is 24.9 Å². The predicted octanol–water partition coefficient (Wildman–Crippen LogP) is 4.31. The molecule has 19 heavy (non-hydrogen) atoms. The number of fused-ring (bicyclic) bond motifs is 1. The van der Waals surface area contributed by atoms with Crippen molar-refractivity contribution in [3.05, 3.63) is 24.3 Å². The molecule has 2 aromatic rings. The van der Waals surface area contributed by atoms with E-state index in [0.29, 0.717) is 0 Å². The fourth-order valence-corrected chi connectivity index (χ4v) is 4.66. The van der Waals surface area contributed by atoms with Crippen LogP contribution in [0.5, 0.6) is 0 Å². The molecule has 1 aliphatic rings. The minimum atomic E-state index is 0.799. The van der Waals surface area contributed by atoms with Gasteiger partial charge < -0.3 is 5.32 Å². The summed E-state index contributed by atoms with van der Waals surface area (Å²) in [4.78, 5) is 4.65. The van der Waals surface area contributed by atoms with Gasteiger partial charge in [0.1, 0.15) is 0 Å². The van der Waals surface area contributed by atoms with Crippen LogP contribution in [0.15, 0.2) is 28.6 Å². The molecule has 1 saturated carbocycles. The van der Waals surface area contributed by atoms with E-state index < -0.39 is 0 Å². The minimum absolute atomic E-state index is 0.799. The summed E-state index contributed by atoms with van der Waals surface area (Å²) in [5, 5.41) is 3.66. The number of hydrogen-bond donors (Lipinski definition) is 1. The van der Waals surface area contributed by atoms with Gasteiger partial charge >= 0.3 is 0 Å². The summed E-state index contributed by atoms with van der Waals surface area (Å²) in [5.74, 6) is 1.17. The van der Waals surface area contributed by atoms with Crippen molar-refractivity contribution in [2.75, 3.05) is 12.3 Å². The molecule has 1 heterocycles. The molecule has 0 radical (unpaired) electrons. The van der Waals surface area contributed by atoms with Crippen LogP contribution in [0.1, 0.15) is 32.1 Å². The predicted molar refractivity (Wildman–Crippen MR) is 85.2 cm³/mol. The number of thioether (sulfide) groups is 1. The van der Waals surface area contributed by atoms with E-state index in [9.17, 15) is 0 Å². The van der Waals surface area contributed by atoms with Crippen molar-refractivity contribution in [3.63, 3.8) is 0 Å². The van der Waals surface area contributed by atoms with E-state index in [-0.39, 0.29) is 0 Å². The number of thiazole rings is 1. The SMILES string of the molecule is c1ccc2sc(SCCCNC3CCCC3)nc2c1. The Morgan fingerprint density at radius 2 is 2.11 bits per heavy atom. The monoisotopic (exact) mass is 292 g/mol. The van der Waals surface area contributed by atoms with Crippen molar-refractivity contribution in [2.24, 2.45) is 0 Å². The molecular weight excluding hydrogens is 272 g/mol. The second-order valence-corrected chi connectivity index (χ2v) is 7.46. The standard InChI is InChI=1S/C15H20N2S2/c1-2-7-12(6-1)16-10-5-11-18-15-17-13-8-3-4-9-14(13)19-15/h3-4,8-9,12,16H,1-2,5-7,10-11H2. The summed E-state index contributed by atoms with van der Waals surface area (Å²) in [7, 11) is 0. The maximum atomic E-state index is 4.65. The Kier molecular flexibility index (Phi) is 4.75. The zero-order valence-corrected chi connectivity index (χ0v) is 12.7. The van der Waals surface area contributed by atoms with Crippen molar-refractivity contribution in [1.82, 2.24) is 10.3 Å². The molecule has 2 nitrogen and oxygen atoms in total. The molecule has 3 rings (SSSR count). The summed E-state index contributed by atoms with van der Waals surface area (Å²) in [6.45, 7) is 1.16. The van der Waals surface area contributed by atoms with Crippen LogP contribution in [0, 0.1) is 0 Å². The van der Waals surface area contributed by atoms with Gasteiger partial charge in [0.25, 0.3) is 0 Å². The van der Waals surface area contributed by atoms with Gasteiger partial charge in [0.15, 0.2) is 4.34 Å². The maximum Gasteiger partial charge on any atom is 0.151 e. The van der Waals surface area contributed by atoms with Gasteiger partial charge in [-0.15, -0.1) is 11.3 Å². The van der Waals surface area contributed by atoms with E-state index in [4.69, 9.17) is 0 Å². The molecule has 4 heteroatoms. The number of benzene rings is 1. The van der Waals surface area contributed by atoms with Gasteiger partial charge in [-0.3, -0.25) is 0 Å². The highest BCUT2D eigenvalue weighted by Crippen LogP contribution is 2.29. The maximum absolute atomic E-state index is 4.65. The van der Waals surface area contributed by atoms with Crippen molar-refractivity contribution in [3.8, 4) is 0 Å². The van der Waals surface area contributed by atoms with Crippen molar-refractivity contribution in [1.29, 1.82) is 0 Å². The van der Waals surface area contributed by atoms with Crippen LogP contribution >= 0.6 is 23.1 Å². The highest BCUT2D eigenvalue weighted by Gasteiger charge is 2.13. The van der Waals surface area contributed by atoms with Crippen LogP contribution in [-0.2, 0) is 0 Å². The van der Waals surface area contributed by atoms with Gasteiger partial charge in [0.2, 0.25) is 0 Å². The van der Waals surface area contributed by atoms with E-state index in [1.54, 1.807) is 0 Å². The third kappa shape index (κ3) is 3.71. The second-order valence-electron chi connectivity index (χ2n) is 5.09. The first-order valence-corrected chi connectivity index (χ1v) is 8.94. The van der Waals surface area contributed by atoms with Crippen LogP contribution in [0.2, 0.25) is 0 Å². The molecule has 0 atom stereocenters. The molecule has 0 spiro atoms. The molecule has 0 saturated heterocycles.